The molecule has 0 unspecified atom stereocenters. The van der Waals surface area contributed by atoms with Gasteiger partial charge in [-0.2, -0.15) is 0 Å². The first kappa shape index (κ1) is 21.4. The Kier molecular flexibility index (Phi) is 6.85. The third kappa shape index (κ3) is 5.59. The summed E-state index contributed by atoms with van der Waals surface area (Å²) in [7, 11) is -3.11. The number of amides is 2. The molecule has 0 saturated carbocycles. The van der Waals surface area contributed by atoms with E-state index in [4.69, 9.17) is 16.3 Å². The number of likely N-dealkylation sites (tertiary alicyclic amines) is 1. The van der Waals surface area contributed by atoms with Gasteiger partial charge in [0.15, 0.2) is 0 Å². The number of ether oxygens (including phenoxy) is 1. The van der Waals surface area contributed by atoms with Crippen LogP contribution in [0, 0.1) is 6.92 Å². The van der Waals surface area contributed by atoms with E-state index in [1.165, 1.54) is 10.6 Å². The quantitative estimate of drug-likeness (QED) is 0.797. The van der Waals surface area contributed by atoms with Crippen LogP contribution >= 0.6 is 11.6 Å². The molecule has 2 amide bonds. The highest BCUT2D eigenvalue weighted by Gasteiger charge is 2.29. The highest BCUT2D eigenvalue weighted by atomic mass is 35.5. The molecular weight excluding hydrogens is 402 g/mol. The molecule has 1 aromatic rings. The van der Waals surface area contributed by atoms with Crippen molar-refractivity contribution in [1.29, 1.82) is 0 Å². The lowest BCUT2D eigenvalue weighted by atomic mass is 10.1. The number of urea groups is 1. The van der Waals surface area contributed by atoms with Crippen molar-refractivity contribution in [1.82, 2.24) is 9.21 Å². The number of rotatable bonds is 4. The molecular formula is C19H28ClN3O4S. The third-order valence-electron chi connectivity index (χ3n) is 5.41. The van der Waals surface area contributed by atoms with Gasteiger partial charge in [0.1, 0.15) is 0 Å². The molecule has 2 aliphatic heterocycles. The number of nitrogens with zero attached hydrogens (tertiary/aromatic N) is 2. The Morgan fingerprint density at radius 2 is 1.68 bits per heavy atom. The fourth-order valence-electron chi connectivity index (χ4n) is 3.64. The number of halogens is 1. The lowest BCUT2D eigenvalue weighted by Crippen LogP contribution is -2.45. The molecule has 2 heterocycles. The van der Waals surface area contributed by atoms with E-state index in [-0.39, 0.29) is 18.2 Å². The van der Waals surface area contributed by atoms with E-state index in [1.54, 1.807) is 11.0 Å². The number of anilines is 1. The van der Waals surface area contributed by atoms with E-state index in [0.29, 0.717) is 36.9 Å². The second-order valence-corrected chi connectivity index (χ2v) is 9.97. The summed E-state index contributed by atoms with van der Waals surface area (Å²) in [5, 5.41) is 3.53. The molecule has 0 bridgehead atoms. The van der Waals surface area contributed by atoms with Gasteiger partial charge < -0.3 is 15.0 Å². The maximum atomic E-state index is 12.5. The molecule has 1 aromatic carbocycles. The van der Waals surface area contributed by atoms with Gasteiger partial charge in [-0.3, -0.25) is 0 Å². The molecule has 2 saturated heterocycles. The molecule has 28 heavy (non-hydrogen) atoms. The zero-order valence-corrected chi connectivity index (χ0v) is 17.9. The number of sulfonamides is 1. The van der Waals surface area contributed by atoms with Gasteiger partial charge in [0.2, 0.25) is 10.0 Å². The van der Waals surface area contributed by atoms with Crippen LogP contribution in [0.5, 0.6) is 0 Å². The van der Waals surface area contributed by atoms with Crippen molar-refractivity contribution in [2.75, 3.05) is 37.8 Å². The molecule has 0 atom stereocenters. The summed E-state index contributed by atoms with van der Waals surface area (Å²) in [6.07, 6.45) is 4.48. The summed E-state index contributed by atoms with van der Waals surface area (Å²) in [5.74, 6) is 0. The summed E-state index contributed by atoms with van der Waals surface area (Å²) in [6, 6.07) is 5.36. The average Bonchev–Trinajstić information content (AvgIpc) is 2.65. The number of carbonyl (C=O) groups is 1. The molecule has 2 fully saturated rings. The number of benzene rings is 1. The second-order valence-electron chi connectivity index (χ2n) is 7.58. The number of nitrogens with one attached hydrogen (secondary N) is 1. The summed E-state index contributed by atoms with van der Waals surface area (Å²) in [6.45, 7) is 4.23. The molecule has 7 nitrogen and oxygen atoms in total. The van der Waals surface area contributed by atoms with Crippen LogP contribution in [0.1, 0.15) is 31.2 Å². The van der Waals surface area contributed by atoms with Crippen molar-refractivity contribution in [2.24, 2.45) is 0 Å². The Bertz CT molecular complexity index is 801. The minimum atomic E-state index is -3.11. The molecule has 0 aliphatic carbocycles. The summed E-state index contributed by atoms with van der Waals surface area (Å²) < 4.78 is 30.8. The van der Waals surface area contributed by atoms with E-state index < -0.39 is 10.0 Å². The van der Waals surface area contributed by atoms with Gasteiger partial charge in [-0.15, -0.1) is 0 Å². The number of carbonyl (C=O) groups excluding carboxylic acids is 1. The first-order valence-electron chi connectivity index (χ1n) is 9.65. The highest BCUT2D eigenvalue weighted by molar-refractivity contribution is 7.88. The van der Waals surface area contributed by atoms with Gasteiger partial charge in [-0.25, -0.2) is 17.5 Å². The Morgan fingerprint density at radius 3 is 2.21 bits per heavy atom. The van der Waals surface area contributed by atoms with Crippen LogP contribution in [0.3, 0.4) is 0 Å². The molecule has 2 aliphatic rings. The maximum absolute atomic E-state index is 12.5. The molecule has 3 rings (SSSR count). The van der Waals surface area contributed by atoms with Crippen molar-refractivity contribution in [3.63, 3.8) is 0 Å². The second kappa shape index (κ2) is 8.98. The summed E-state index contributed by atoms with van der Waals surface area (Å²) >= 11 is 6.11. The average molecular weight is 430 g/mol. The minimum absolute atomic E-state index is 0.0954. The monoisotopic (exact) mass is 429 g/mol. The van der Waals surface area contributed by atoms with E-state index in [9.17, 15) is 13.2 Å². The van der Waals surface area contributed by atoms with Crippen LogP contribution in [-0.2, 0) is 14.8 Å². The van der Waals surface area contributed by atoms with E-state index in [1.807, 2.05) is 19.1 Å². The van der Waals surface area contributed by atoms with Crippen molar-refractivity contribution < 1.29 is 17.9 Å². The first-order chi connectivity index (χ1) is 13.2. The van der Waals surface area contributed by atoms with E-state index >= 15 is 0 Å². The lowest BCUT2D eigenvalue weighted by Gasteiger charge is -2.36. The van der Waals surface area contributed by atoms with Crippen molar-refractivity contribution in [3.8, 4) is 0 Å². The van der Waals surface area contributed by atoms with Gasteiger partial charge in [0.05, 0.1) is 18.5 Å². The van der Waals surface area contributed by atoms with Gasteiger partial charge in [0.25, 0.3) is 0 Å². The Morgan fingerprint density at radius 1 is 1.11 bits per heavy atom. The first-order valence-corrected chi connectivity index (χ1v) is 11.9. The Labute approximate surface area is 172 Å². The fraction of sp³-hybridized carbons (Fsp3) is 0.632. The molecule has 156 valence electrons. The van der Waals surface area contributed by atoms with Gasteiger partial charge >= 0.3 is 6.03 Å². The Balaban J connectivity index is 1.42. The predicted molar refractivity (Wildman–Crippen MR) is 110 cm³/mol. The summed E-state index contributed by atoms with van der Waals surface area (Å²) in [5.41, 5.74) is 1.66. The largest absolute Gasteiger partial charge is 0.375 e. The zero-order valence-electron chi connectivity index (χ0n) is 16.4. The Hall–Kier alpha value is -1.35. The molecule has 0 radical (unpaired) electrons. The maximum Gasteiger partial charge on any atom is 0.321 e. The molecule has 0 aromatic heterocycles. The minimum Gasteiger partial charge on any atom is -0.375 e. The molecule has 9 heteroatoms. The normalized spacial score (nSPS) is 20.3. The van der Waals surface area contributed by atoms with Crippen molar-refractivity contribution >= 4 is 33.3 Å². The smallest absolute Gasteiger partial charge is 0.321 e. The van der Waals surface area contributed by atoms with Crippen LogP contribution in [0.15, 0.2) is 18.2 Å². The SMILES string of the molecule is Cc1ccc(NC(=O)N2CCC(OC3CCN(S(C)(=O)=O)CC3)CC2)cc1Cl. The number of hydrogen-bond acceptors (Lipinski definition) is 4. The van der Waals surface area contributed by atoms with Crippen LogP contribution in [0.4, 0.5) is 10.5 Å². The number of piperidine rings is 2. The van der Waals surface area contributed by atoms with Gasteiger partial charge in [-0.1, -0.05) is 17.7 Å². The highest BCUT2D eigenvalue weighted by Crippen LogP contribution is 2.23. The van der Waals surface area contributed by atoms with Crippen LogP contribution in [0.2, 0.25) is 5.02 Å². The predicted octanol–water partition coefficient (Wildman–Crippen LogP) is 3.09. The van der Waals surface area contributed by atoms with Crippen LogP contribution in [0.25, 0.3) is 0 Å². The number of hydrogen-bond donors (Lipinski definition) is 1. The topological polar surface area (TPSA) is 79.0 Å². The lowest BCUT2D eigenvalue weighted by molar-refractivity contribution is -0.0542. The summed E-state index contributed by atoms with van der Waals surface area (Å²) in [4.78, 5) is 14.3. The van der Waals surface area contributed by atoms with E-state index in [2.05, 4.69) is 5.32 Å². The van der Waals surface area contributed by atoms with Crippen molar-refractivity contribution in [3.05, 3.63) is 28.8 Å². The standard InChI is InChI=1S/C19H28ClN3O4S/c1-14-3-4-15(13-18(14)20)21-19(24)22-9-5-16(6-10-22)27-17-7-11-23(12-8-17)28(2,25)26/h3-4,13,16-17H,5-12H2,1-2H3,(H,21,24). The van der Waals surface area contributed by atoms with Crippen LogP contribution in [-0.4, -0.2) is 68.3 Å². The van der Waals surface area contributed by atoms with Crippen LogP contribution < -0.4 is 5.32 Å². The molecule has 0 spiro atoms. The molecule has 1 N–H and O–H groups in total. The van der Waals surface area contributed by atoms with Gasteiger partial charge in [0, 0.05) is 36.9 Å². The van der Waals surface area contributed by atoms with E-state index in [0.717, 1.165) is 31.2 Å². The fourth-order valence-corrected chi connectivity index (χ4v) is 4.69. The van der Waals surface area contributed by atoms with Crippen molar-refractivity contribution in [2.45, 2.75) is 44.8 Å². The number of aryl methyl sites for hydroxylation is 1. The zero-order chi connectivity index (χ0) is 20.3. The third-order valence-corrected chi connectivity index (χ3v) is 7.12. The van der Waals surface area contributed by atoms with Gasteiger partial charge in [-0.05, 0) is 50.3 Å².